The molecule has 0 radical (unpaired) electrons. The number of hydrogen-bond acceptors (Lipinski definition) is 6. The second-order valence-corrected chi connectivity index (χ2v) is 8.66. The number of benzene rings is 2. The first-order valence-corrected chi connectivity index (χ1v) is 10.6. The van der Waals surface area contributed by atoms with E-state index < -0.39 is 0 Å². The number of anilines is 1. The number of thioether (sulfide) groups is 1. The molecule has 1 aliphatic rings. The predicted molar refractivity (Wildman–Crippen MR) is 113 cm³/mol. The number of aromatic hydroxyl groups is 1. The topological polar surface area (TPSA) is 80.0 Å². The number of phenolic OH excluding ortho intramolecular Hbond substituents is 1. The van der Waals surface area contributed by atoms with Crippen LogP contribution < -0.4 is 5.32 Å². The van der Waals surface area contributed by atoms with Crippen LogP contribution in [0.15, 0.2) is 48.5 Å². The van der Waals surface area contributed by atoms with Crippen molar-refractivity contribution in [3.05, 3.63) is 65.4 Å². The number of amides is 1. The molecule has 6 nitrogen and oxygen atoms in total. The summed E-state index contributed by atoms with van der Waals surface area (Å²) in [5, 5.41) is 18.0. The fraction of sp³-hybridized carbons (Fsp3) is 0.150. The summed E-state index contributed by atoms with van der Waals surface area (Å²) in [6.45, 7) is 1.95. The minimum absolute atomic E-state index is 0.0577. The molecule has 0 aliphatic carbocycles. The van der Waals surface area contributed by atoms with Crippen LogP contribution >= 0.6 is 23.1 Å². The van der Waals surface area contributed by atoms with Crippen molar-refractivity contribution < 1.29 is 9.90 Å². The highest BCUT2D eigenvalue weighted by molar-refractivity contribution is 8.00. The lowest BCUT2D eigenvalue weighted by Gasteiger charge is -2.15. The number of thiazole rings is 1. The van der Waals surface area contributed by atoms with E-state index in [2.05, 4.69) is 5.32 Å². The molecule has 2 N–H and O–H groups in total. The van der Waals surface area contributed by atoms with Crippen LogP contribution in [0, 0.1) is 6.92 Å². The second kappa shape index (κ2) is 6.65. The third-order valence-electron chi connectivity index (χ3n) is 4.67. The molecule has 3 heterocycles. The summed E-state index contributed by atoms with van der Waals surface area (Å²) in [5.74, 6) is 1.18. The molecule has 4 aromatic rings. The summed E-state index contributed by atoms with van der Waals surface area (Å²) >= 11 is 3.10. The average Bonchev–Trinajstić information content (AvgIpc) is 3.19. The highest BCUT2D eigenvalue weighted by atomic mass is 32.2. The first-order chi connectivity index (χ1) is 13.6. The van der Waals surface area contributed by atoms with Crippen molar-refractivity contribution >= 4 is 45.0 Å². The summed E-state index contributed by atoms with van der Waals surface area (Å²) in [4.78, 5) is 17.1. The van der Waals surface area contributed by atoms with Crippen LogP contribution in [-0.2, 0) is 4.79 Å². The van der Waals surface area contributed by atoms with Gasteiger partial charge in [0.15, 0.2) is 0 Å². The lowest BCUT2D eigenvalue weighted by molar-refractivity contribution is -0.113. The van der Waals surface area contributed by atoms with Crippen molar-refractivity contribution in [2.75, 3.05) is 11.1 Å². The van der Waals surface area contributed by atoms with Gasteiger partial charge in [-0.3, -0.25) is 4.79 Å². The fourth-order valence-electron chi connectivity index (χ4n) is 3.39. The summed E-state index contributed by atoms with van der Waals surface area (Å²) < 4.78 is 2.82. The minimum atomic E-state index is -0.0604. The van der Waals surface area contributed by atoms with Crippen LogP contribution in [0.25, 0.3) is 15.3 Å². The van der Waals surface area contributed by atoms with Crippen LogP contribution in [0.2, 0.25) is 0 Å². The van der Waals surface area contributed by atoms with Crippen LogP contribution in [0.4, 0.5) is 5.82 Å². The first-order valence-electron chi connectivity index (χ1n) is 8.76. The Hall–Kier alpha value is -2.84. The van der Waals surface area contributed by atoms with E-state index in [0.717, 1.165) is 32.2 Å². The van der Waals surface area contributed by atoms with Crippen LogP contribution in [0.1, 0.15) is 22.1 Å². The number of hydrogen-bond donors (Lipinski definition) is 2. The SMILES string of the molecule is Cc1nn(-c2nc3ccccc3s2)c2c1C(c1ccc(O)cc1)SCC(=O)N2. The van der Waals surface area contributed by atoms with Crippen molar-refractivity contribution in [3.63, 3.8) is 0 Å². The van der Waals surface area contributed by atoms with E-state index in [-0.39, 0.29) is 16.9 Å². The van der Waals surface area contributed by atoms with Crippen molar-refractivity contribution in [1.29, 1.82) is 0 Å². The number of para-hydroxylation sites is 1. The maximum atomic E-state index is 12.4. The zero-order valence-corrected chi connectivity index (χ0v) is 16.5. The van der Waals surface area contributed by atoms with E-state index >= 15 is 0 Å². The molecule has 0 fully saturated rings. The Morgan fingerprint density at radius 2 is 1.96 bits per heavy atom. The first kappa shape index (κ1) is 17.3. The number of nitrogens with one attached hydrogen (secondary N) is 1. The number of nitrogens with zero attached hydrogens (tertiary/aromatic N) is 3. The highest BCUT2D eigenvalue weighted by Crippen LogP contribution is 2.44. The van der Waals surface area contributed by atoms with Crippen molar-refractivity contribution in [2.45, 2.75) is 12.2 Å². The van der Waals surface area contributed by atoms with E-state index in [1.54, 1.807) is 39.9 Å². The molecule has 2 aromatic carbocycles. The lowest BCUT2D eigenvalue weighted by atomic mass is 10.0. The van der Waals surface area contributed by atoms with E-state index in [1.807, 2.05) is 43.3 Å². The molecule has 5 rings (SSSR count). The molecule has 0 saturated heterocycles. The van der Waals surface area contributed by atoms with Gasteiger partial charge in [0.05, 0.1) is 26.9 Å². The molecule has 1 amide bonds. The minimum Gasteiger partial charge on any atom is -0.508 e. The zero-order valence-electron chi connectivity index (χ0n) is 14.9. The van der Waals surface area contributed by atoms with Gasteiger partial charge < -0.3 is 10.4 Å². The van der Waals surface area contributed by atoms with Gasteiger partial charge >= 0.3 is 0 Å². The summed E-state index contributed by atoms with van der Waals surface area (Å²) in [6, 6.07) is 15.1. The largest absolute Gasteiger partial charge is 0.508 e. The maximum Gasteiger partial charge on any atom is 0.235 e. The molecule has 1 atom stereocenters. The Morgan fingerprint density at radius 1 is 1.18 bits per heavy atom. The monoisotopic (exact) mass is 408 g/mol. The summed E-state index contributed by atoms with van der Waals surface area (Å²) in [5.41, 5.74) is 3.75. The molecule has 8 heteroatoms. The third-order valence-corrected chi connectivity index (χ3v) is 6.95. The number of carbonyl (C=O) groups is 1. The smallest absolute Gasteiger partial charge is 0.235 e. The van der Waals surface area contributed by atoms with Gasteiger partial charge in [-0.2, -0.15) is 9.78 Å². The number of carbonyl (C=O) groups excluding carboxylic acids is 1. The standard InChI is InChI=1S/C20H16N4O2S2/c1-11-17-18(12-6-8-13(25)9-7-12)27-10-16(26)22-19(17)24(23-11)20-21-14-4-2-3-5-15(14)28-20/h2-9,18,25H,10H2,1H3,(H,22,26). The van der Waals surface area contributed by atoms with Gasteiger partial charge in [-0.25, -0.2) is 4.98 Å². The Labute approximate surface area is 169 Å². The van der Waals surface area contributed by atoms with Gasteiger partial charge in [-0.05, 0) is 36.8 Å². The van der Waals surface area contributed by atoms with Crippen molar-refractivity contribution in [1.82, 2.24) is 14.8 Å². The van der Waals surface area contributed by atoms with Crippen molar-refractivity contribution in [3.8, 4) is 10.9 Å². The highest BCUT2D eigenvalue weighted by Gasteiger charge is 2.31. The molecule has 0 spiro atoms. The maximum absolute atomic E-state index is 12.4. The Bertz CT molecular complexity index is 1160. The number of rotatable bonds is 2. The molecular weight excluding hydrogens is 392 g/mol. The van der Waals surface area contributed by atoms with Gasteiger partial charge in [0.25, 0.3) is 0 Å². The van der Waals surface area contributed by atoms with Crippen LogP contribution in [0.5, 0.6) is 5.75 Å². The molecule has 28 heavy (non-hydrogen) atoms. The number of phenols is 1. The fourth-order valence-corrected chi connectivity index (χ4v) is 5.50. The molecule has 140 valence electrons. The van der Waals surface area contributed by atoms with Gasteiger partial charge in [-0.1, -0.05) is 35.6 Å². The van der Waals surface area contributed by atoms with Crippen LogP contribution in [0.3, 0.4) is 0 Å². The van der Waals surface area contributed by atoms with Gasteiger partial charge in [-0.15, -0.1) is 11.8 Å². The molecular formula is C20H16N4O2S2. The zero-order chi connectivity index (χ0) is 19.3. The predicted octanol–water partition coefficient (Wildman–Crippen LogP) is 4.27. The number of aromatic nitrogens is 3. The van der Waals surface area contributed by atoms with Gasteiger partial charge in [0.2, 0.25) is 11.0 Å². The van der Waals surface area contributed by atoms with Crippen molar-refractivity contribution in [2.24, 2.45) is 0 Å². The van der Waals surface area contributed by atoms with Crippen LogP contribution in [-0.4, -0.2) is 31.5 Å². The molecule has 1 unspecified atom stereocenters. The van der Waals surface area contributed by atoms with E-state index in [4.69, 9.17) is 10.1 Å². The average molecular weight is 409 g/mol. The second-order valence-electron chi connectivity index (χ2n) is 6.55. The summed E-state index contributed by atoms with van der Waals surface area (Å²) in [6.07, 6.45) is 0. The Balaban J connectivity index is 1.69. The van der Waals surface area contributed by atoms with Gasteiger partial charge in [0.1, 0.15) is 11.6 Å². The number of aryl methyl sites for hydroxylation is 1. The quantitative estimate of drug-likeness (QED) is 0.518. The van der Waals surface area contributed by atoms with E-state index in [9.17, 15) is 9.90 Å². The lowest BCUT2D eigenvalue weighted by Crippen LogP contribution is -2.15. The molecule has 2 aromatic heterocycles. The Morgan fingerprint density at radius 3 is 2.75 bits per heavy atom. The Kier molecular flexibility index (Phi) is 4.10. The summed E-state index contributed by atoms with van der Waals surface area (Å²) in [7, 11) is 0. The van der Waals surface area contributed by atoms with E-state index in [0.29, 0.717) is 11.6 Å². The van der Waals surface area contributed by atoms with E-state index in [1.165, 1.54) is 0 Å². The third kappa shape index (κ3) is 2.85. The van der Waals surface area contributed by atoms with Gasteiger partial charge in [0, 0.05) is 5.56 Å². The normalized spacial score (nSPS) is 16.6. The molecule has 0 bridgehead atoms. The number of fused-ring (bicyclic) bond motifs is 2. The molecule has 0 saturated carbocycles. The molecule has 1 aliphatic heterocycles.